The van der Waals surface area contributed by atoms with Crippen LogP contribution in [0, 0.1) is 0 Å². The molecule has 0 saturated heterocycles. The Labute approximate surface area is 199 Å². The zero-order valence-electron chi connectivity index (χ0n) is 18.5. The maximum Gasteiger partial charge on any atom is 0.254 e. The molecule has 7 nitrogen and oxygen atoms in total. The van der Waals surface area contributed by atoms with Gasteiger partial charge in [0.2, 0.25) is 0 Å². The molecule has 0 N–H and O–H groups in total. The molecule has 1 aliphatic heterocycles. The lowest BCUT2D eigenvalue weighted by Crippen LogP contribution is -2.17. The molecule has 0 unspecified atom stereocenters. The van der Waals surface area contributed by atoms with Crippen molar-refractivity contribution in [3.05, 3.63) is 77.4 Å². The third-order valence-electron chi connectivity index (χ3n) is 6.03. The predicted molar refractivity (Wildman–Crippen MR) is 132 cm³/mol. The summed E-state index contributed by atoms with van der Waals surface area (Å²) in [7, 11) is 3.43. The number of methoxy groups -OCH3 is 1. The smallest absolute Gasteiger partial charge is 0.254 e. The lowest BCUT2D eigenvalue weighted by molar-refractivity contribution is 0.0816. The highest BCUT2D eigenvalue weighted by atomic mass is 32.1. The number of benzene rings is 2. The van der Waals surface area contributed by atoms with E-state index < -0.39 is 0 Å². The van der Waals surface area contributed by atoms with Crippen LogP contribution in [-0.4, -0.2) is 44.3 Å². The Morgan fingerprint density at radius 2 is 1.79 bits per heavy atom. The van der Waals surface area contributed by atoms with Crippen LogP contribution in [0.1, 0.15) is 15.9 Å². The summed E-state index contributed by atoms with van der Waals surface area (Å²) < 4.78 is 10.3. The van der Waals surface area contributed by atoms with Crippen LogP contribution in [0.5, 0.6) is 5.75 Å². The maximum atomic E-state index is 12.3. The minimum Gasteiger partial charge on any atom is -0.494 e. The number of ether oxygens (including phenoxy) is 1. The SMILES string of the molecule is COc1cc2ncnc(-c3csnc3-c3ccccc3)c2nc1-c1ccc2c(c1)CN(C)C2=O. The number of hydrogen-bond donors (Lipinski definition) is 0. The molecule has 0 spiro atoms. The van der Waals surface area contributed by atoms with Gasteiger partial charge in [0.15, 0.2) is 0 Å². The van der Waals surface area contributed by atoms with Crippen LogP contribution in [-0.2, 0) is 6.54 Å². The third-order valence-corrected chi connectivity index (χ3v) is 6.66. The van der Waals surface area contributed by atoms with E-state index in [0.29, 0.717) is 29.0 Å². The first-order valence-corrected chi connectivity index (χ1v) is 11.6. The molecule has 0 bridgehead atoms. The average Bonchev–Trinajstić information content (AvgIpc) is 3.47. The minimum atomic E-state index is 0.0362. The fourth-order valence-corrected chi connectivity index (χ4v) is 5.04. The number of pyridine rings is 1. The number of carbonyl (C=O) groups excluding carboxylic acids is 1. The summed E-state index contributed by atoms with van der Waals surface area (Å²) in [5, 5.41) is 1.99. The van der Waals surface area contributed by atoms with Gasteiger partial charge >= 0.3 is 0 Å². The molecule has 6 rings (SSSR count). The molecule has 166 valence electrons. The van der Waals surface area contributed by atoms with Gasteiger partial charge in [0.05, 0.1) is 18.3 Å². The standard InChI is InChI=1S/C26H19N5O2S/c1-31-12-17-10-16(8-9-18(17)26(31)32)23-21(33-2)11-20-25(29-23)24(28-14-27-20)19-13-34-30-22(19)15-6-4-3-5-7-15/h3-11,13-14H,12H2,1-2H3. The van der Waals surface area contributed by atoms with E-state index in [4.69, 9.17) is 9.72 Å². The van der Waals surface area contributed by atoms with Crippen molar-refractivity contribution in [1.29, 1.82) is 0 Å². The Morgan fingerprint density at radius 3 is 2.62 bits per heavy atom. The fraction of sp³-hybridized carbons (Fsp3) is 0.115. The molecule has 4 heterocycles. The zero-order valence-corrected chi connectivity index (χ0v) is 19.3. The van der Waals surface area contributed by atoms with Gasteiger partial charge in [-0.2, -0.15) is 4.37 Å². The van der Waals surface area contributed by atoms with Gasteiger partial charge in [-0.1, -0.05) is 36.4 Å². The average molecular weight is 466 g/mol. The van der Waals surface area contributed by atoms with Gasteiger partial charge in [0.25, 0.3) is 5.91 Å². The Morgan fingerprint density at radius 1 is 0.941 bits per heavy atom. The monoisotopic (exact) mass is 465 g/mol. The molecule has 0 fully saturated rings. The van der Waals surface area contributed by atoms with Crippen molar-refractivity contribution in [2.24, 2.45) is 0 Å². The second kappa shape index (κ2) is 8.00. The highest BCUT2D eigenvalue weighted by molar-refractivity contribution is 7.04. The number of carbonyl (C=O) groups is 1. The lowest BCUT2D eigenvalue weighted by atomic mass is 10.0. The summed E-state index contributed by atoms with van der Waals surface area (Å²) in [6.07, 6.45) is 1.54. The van der Waals surface area contributed by atoms with E-state index in [-0.39, 0.29) is 5.91 Å². The summed E-state index contributed by atoms with van der Waals surface area (Å²) in [6.45, 7) is 0.577. The summed E-state index contributed by atoms with van der Waals surface area (Å²) >= 11 is 1.39. The molecule has 2 aromatic carbocycles. The molecule has 34 heavy (non-hydrogen) atoms. The Bertz CT molecular complexity index is 1560. The van der Waals surface area contributed by atoms with E-state index in [1.54, 1.807) is 25.4 Å². The van der Waals surface area contributed by atoms with E-state index in [2.05, 4.69) is 14.3 Å². The lowest BCUT2D eigenvalue weighted by Gasteiger charge is -2.12. The number of rotatable bonds is 4. The van der Waals surface area contributed by atoms with Crippen molar-refractivity contribution in [2.45, 2.75) is 6.54 Å². The van der Waals surface area contributed by atoms with Crippen molar-refractivity contribution in [1.82, 2.24) is 24.2 Å². The van der Waals surface area contributed by atoms with Crippen LogP contribution in [0.15, 0.2) is 66.3 Å². The maximum absolute atomic E-state index is 12.3. The van der Waals surface area contributed by atoms with Crippen LogP contribution in [0.25, 0.3) is 44.8 Å². The van der Waals surface area contributed by atoms with Crippen molar-refractivity contribution >= 4 is 28.5 Å². The second-order valence-corrected chi connectivity index (χ2v) is 8.73. The van der Waals surface area contributed by atoms with Crippen LogP contribution < -0.4 is 4.74 Å². The van der Waals surface area contributed by atoms with Crippen LogP contribution in [0.3, 0.4) is 0 Å². The molecule has 1 amide bonds. The highest BCUT2D eigenvalue weighted by Crippen LogP contribution is 2.38. The van der Waals surface area contributed by atoms with E-state index in [0.717, 1.165) is 39.2 Å². The molecule has 3 aromatic heterocycles. The summed E-state index contributed by atoms with van der Waals surface area (Å²) in [5.74, 6) is 0.649. The molecule has 0 atom stereocenters. The van der Waals surface area contributed by atoms with E-state index in [9.17, 15) is 4.79 Å². The Kier molecular flexibility index (Phi) is 4.81. The first-order chi connectivity index (χ1) is 16.6. The largest absolute Gasteiger partial charge is 0.494 e. The van der Waals surface area contributed by atoms with E-state index in [1.165, 1.54) is 11.5 Å². The normalized spacial score (nSPS) is 12.9. The first-order valence-electron chi connectivity index (χ1n) is 10.7. The zero-order chi connectivity index (χ0) is 23.2. The fourth-order valence-electron chi connectivity index (χ4n) is 4.35. The third kappa shape index (κ3) is 3.22. The summed E-state index contributed by atoms with van der Waals surface area (Å²) in [6, 6.07) is 17.7. The number of aromatic nitrogens is 4. The molecule has 8 heteroatoms. The quantitative estimate of drug-likeness (QED) is 0.368. The molecule has 5 aromatic rings. The predicted octanol–water partition coefficient (Wildman–Crippen LogP) is 5.08. The van der Waals surface area contributed by atoms with Crippen LogP contribution >= 0.6 is 11.5 Å². The molecule has 1 aliphatic rings. The molecule has 0 radical (unpaired) electrons. The first kappa shape index (κ1) is 20.4. The number of amides is 1. The van der Waals surface area contributed by atoms with Crippen molar-refractivity contribution < 1.29 is 9.53 Å². The number of nitrogens with zero attached hydrogens (tertiary/aromatic N) is 5. The molecule has 0 aliphatic carbocycles. The Balaban J connectivity index is 1.55. The van der Waals surface area contributed by atoms with Gasteiger partial charge in [0.1, 0.15) is 29.0 Å². The van der Waals surface area contributed by atoms with Gasteiger partial charge in [-0.25, -0.2) is 15.0 Å². The van der Waals surface area contributed by atoms with Gasteiger partial charge in [-0.15, -0.1) is 0 Å². The highest BCUT2D eigenvalue weighted by Gasteiger charge is 2.25. The second-order valence-electron chi connectivity index (χ2n) is 8.11. The molecular formula is C26H19N5O2S. The van der Waals surface area contributed by atoms with Crippen molar-refractivity contribution in [3.8, 4) is 39.5 Å². The molecule has 0 saturated carbocycles. The van der Waals surface area contributed by atoms with E-state index >= 15 is 0 Å². The summed E-state index contributed by atoms with van der Waals surface area (Å²) in [5.41, 5.74) is 8.14. The van der Waals surface area contributed by atoms with Gasteiger partial charge in [-0.05, 0) is 29.2 Å². The number of fused-ring (bicyclic) bond motifs is 2. The van der Waals surface area contributed by atoms with E-state index in [1.807, 2.05) is 60.0 Å². The van der Waals surface area contributed by atoms with Crippen molar-refractivity contribution in [2.75, 3.05) is 14.2 Å². The molecular weight excluding hydrogens is 446 g/mol. The van der Waals surface area contributed by atoms with Gasteiger partial charge in [0, 0.05) is 47.3 Å². The van der Waals surface area contributed by atoms with Crippen molar-refractivity contribution in [3.63, 3.8) is 0 Å². The summed E-state index contributed by atoms with van der Waals surface area (Å²) in [4.78, 5) is 28.1. The van der Waals surface area contributed by atoms with Gasteiger partial charge in [-0.3, -0.25) is 4.79 Å². The minimum absolute atomic E-state index is 0.0362. The topological polar surface area (TPSA) is 81.1 Å². The van der Waals surface area contributed by atoms with Crippen LogP contribution in [0.4, 0.5) is 0 Å². The van der Waals surface area contributed by atoms with Gasteiger partial charge < -0.3 is 9.64 Å². The number of hydrogen-bond acceptors (Lipinski definition) is 7. The van der Waals surface area contributed by atoms with Crippen LogP contribution in [0.2, 0.25) is 0 Å². The Hall–Kier alpha value is -4.17.